The smallest absolute Gasteiger partial charge is 0.243 e. The summed E-state index contributed by atoms with van der Waals surface area (Å²) < 4.78 is 0. The highest BCUT2D eigenvalue weighted by Gasteiger charge is 2.30. The van der Waals surface area contributed by atoms with Gasteiger partial charge in [0, 0.05) is 12.6 Å². The molecular weight excluding hydrogens is 396 g/mol. The van der Waals surface area contributed by atoms with Gasteiger partial charge in [0.25, 0.3) is 0 Å². The maximum absolute atomic E-state index is 13.6. The summed E-state index contributed by atoms with van der Waals surface area (Å²) in [6, 6.07) is 14.2. The molecule has 2 aromatic carbocycles. The third-order valence-corrected chi connectivity index (χ3v) is 6.66. The summed E-state index contributed by atoms with van der Waals surface area (Å²) in [6.07, 6.45) is 6.57. The maximum atomic E-state index is 13.6. The van der Waals surface area contributed by atoms with Crippen molar-refractivity contribution in [1.29, 1.82) is 0 Å². The molecule has 0 heterocycles. The SMILES string of the molecule is CC[C@H](C(=O)NC1CCCCC1)N(Cc1ccc(C)cc1)C(=O)Cc1cc(C)ccc1C. The van der Waals surface area contributed by atoms with Crippen molar-refractivity contribution in [2.24, 2.45) is 0 Å². The van der Waals surface area contributed by atoms with Gasteiger partial charge in [-0.25, -0.2) is 0 Å². The molecule has 0 unspecified atom stereocenters. The first-order chi connectivity index (χ1) is 15.4. The van der Waals surface area contributed by atoms with Crippen molar-refractivity contribution in [3.05, 3.63) is 70.3 Å². The van der Waals surface area contributed by atoms with Crippen LogP contribution >= 0.6 is 0 Å². The summed E-state index contributed by atoms with van der Waals surface area (Å²) >= 11 is 0. The molecule has 2 amide bonds. The zero-order valence-corrected chi connectivity index (χ0v) is 20.1. The zero-order valence-electron chi connectivity index (χ0n) is 20.1. The number of benzene rings is 2. The molecule has 1 atom stereocenters. The van der Waals surface area contributed by atoms with Gasteiger partial charge in [-0.15, -0.1) is 0 Å². The van der Waals surface area contributed by atoms with Crippen LogP contribution in [0.1, 0.15) is 73.3 Å². The van der Waals surface area contributed by atoms with Gasteiger partial charge in [0.2, 0.25) is 11.8 Å². The average molecular weight is 435 g/mol. The van der Waals surface area contributed by atoms with Crippen LogP contribution in [0.15, 0.2) is 42.5 Å². The number of nitrogens with zero attached hydrogens (tertiary/aromatic N) is 1. The largest absolute Gasteiger partial charge is 0.352 e. The van der Waals surface area contributed by atoms with E-state index in [2.05, 4.69) is 54.7 Å². The molecular formula is C28H38N2O2. The van der Waals surface area contributed by atoms with Gasteiger partial charge in [-0.3, -0.25) is 9.59 Å². The lowest BCUT2D eigenvalue weighted by Crippen LogP contribution is -2.52. The second-order valence-electron chi connectivity index (χ2n) is 9.38. The van der Waals surface area contributed by atoms with Gasteiger partial charge < -0.3 is 10.2 Å². The molecule has 0 spiro atoms. The second-order valence-corrected chi connectivity index (χ2v) is 9.38. The molecule has 0 aromatic heterocycles. The van der Waals surface area contributed by atoms with E-state index in [0.717, 1.165) is 35.1 Å². The van der Waals surface area contributed by atoms with Crippen LogP contribution in [0.25, 0.3) is 0 Å². The van der Waals surface area contributed by atoms with Crippen molar-refractivity contribution < 1.29 is 9.59 Å². The molecule has 0 saturated heterocycles. The van der Waals surface area contributed by atoms with Crippen LogP contribution in [0.5, 0.6) is 0 Å². The highest BCUT2D eigenvalue weighted by Crippen LogP contribution is 2.20. The van der Waals surface area contributed by atoms with Crippen LogP contribution < -0.4 is 5.32 Å². The molecule has 1 aliphatic rings. The van der Waals surface area contributed by atoms with Gasteiger partial charge >= 0.3 is 0 Å². The van der Waals surface area contributed by atoms with Crippen molar-refractivity contribution >= 4 is 11.8 Å². The Morgan fingerprint density at radius 2 is 1.62 bits per heavy atom. The number of carbonyl (C=O) groups is 2. The third kappa shape index (κ3) is 6.44. The van der Waals surface area contributed by atoms with Gasteiger partial charge in [0.05, 0.1) is 6.42 Å². The summed E-state index contributed by atoms with van der Waals surface area (Å²) in [5.74, 6) is -0.00857. The molecule has 1 fully saturated rings. The van der Waals surface area contributed by atoms with Crippen LogP contribution in [-0.4, -0.2) is 28.8 Å². The van der Waals surface area contributed by atoms with E-state index in [1.807, 2.05) is 20.8 Å². The minimum Gasteiger partial charge on any atom is -0.352 e. The molecule has 1 aliphatic carbocycles. The minimum absolute atomic E-state index is 0.00455. The van der Waals surface area contributed by atoms with E-state index in [1.54, 1.807) is 4.90 Å². The number of hydrogen-bond donors (Lipinski definition) is 1. The fourth-order valence-corrected chi connectivity index (χ4v) is 4.61. The zero-order chi connectivity index (χ0) is 23.1. The summed E-state index contributed by atoms with van der Waals surface area (Å²) in [6.45, 7) is 8.59. The number of nitrogens with one attached hydrogen (secondary N) is 1. The van der Waals surface area contributed by atoms with E-state index in [0.29, 0.717) is 19.4 Å². The van der Waals surface area contributed by atoms with Crippen LogP contribution in [0.4, 0.5) is 0 Å². The van der Waals surface area contributed by atoms with Crippen molar-refractivity contribution in [3.8, 4) is 0 Å². The Bertz CT molecular complexity index is 914. The topological polar surface area (TPSA) is 49.4 Å². The van der Waals surface area contributed by atoms with E-state index >= 15 is 0 Å². The molecule has 172 valence electrons. The third-order valence-electron chi connectivity index (χ3n) is 6.66. The van der Waals surface area contributed by atoms with E-state index in [4.69, 9.17) is 0 Å². The summed E-state index contributed by atoms with van der Waals surface area (Å²) in [5.41, 5.74) is 5.52. The summed E-state index contributed by atoms with van der Waals surface area (Å²) in [4.78, 5) is 28.7. The number of aryl methyl sites for hydroxylation is 3. The molecule has 0 radical (unpaired) electrons. The highest BCUT2D eigenvalue weighted by molar-refractivity contribution is 5.88. The van der Waals surface area contributed by atoms with Gasteiger partial charge in [-0.05, 0) is 56.7 Å². The fraction of sp³-hybridized carbons (Fsp3) is 0.500. The molecule has 4 nitrogen and oxygen atoms in total. The summed E-state index contributed by atoms with van der Waals surface area (Å²) in [7, 11) is 0. The van der Waals surface area contributed by atoms with Gasteiger partial charge in [0.1, 0.15) is 6.04 Å². The van der Waals surface area contributed by atoms with Crippen LogP contribution in [0.3, 0.4) is 0 Å². The monoisotopic (exact) mass is 434 g/mol. The normalized spacial score (nSPS) is 15.2. The Labute approximate surface area is 193 Å². The predicted molar refractivity (Wildman–Crippen MR) is 130 cm³/mol. The van der Waals surface area contributed by atoms with Crippen molar-refractivity contribution in [1.82, 2.24) is 10.2 Å². The highest BCUT2D eigenvalue weighted by atomic mass is 16.2. The van der Waals surface area contributed by atoms with Crippen LogP contribution in [-0.2, 0) is 22.6 Å². The van der Waals surface area contributed by atoms with Crippen molar-refractivity contribution in [3.63, 3.8) is 0 Å². The quantitative estimate of drug-likeness (QED) is 0.604. The van der Waals surface area contributed by atoms with Crippen LogP contribution in [0, 0.1) is 20.8 Å². The molecule has 1 saturated carbocycles. The number of hydrogen-bond acceptors (Lipinski definition) is 2. The lowest BCUT2D eigenvalue weighted by molar-refractivity contribution is -0.141. The van der Waals surface area contributed by atoms with E-state index in [1.165, 1.54) is 24.8 Å². The maximum Gasteiger partial charge on any atom is 0.243 e. The van der Waals surface area contributed by atoms with Crippen molar-refractivity contribution in [2.45, 2.75) is 91.3 Å². The van der Waals surface area contributed by atoms with Gasteiger partial charge in [0.15, 0.2) is 0 Å². The first-order valence-electron chi connectivity index (χ1n) is 12.1. The van der Waals surface area contributed by atoms with Gasteiger partial charge in [-0.2, -0.15) is 0 Å². The van der Waals surface area contributed by atoms with E-state index < -0.39 is 6.04 Å². The Balaban J connectivity index is 1.83. The molecule has 0 aliphatic heterocycles. The Hall–Kier alpha value is -2.62. The van der Waals surface area contributed by atoms with Crippen LogP contribution in [0.2, 0.25) is 0 Å². The van der Waals surface area contributed by atoms with Gasteiger partial charge in [-0.1, -0.05) is 79.8 Å². The Morgan fingerprint density at radius 1 is 0.969 bits per heavy atom. The number of amides is 2. The fourth-order valence-electron chi connectivity index (χ4n) is 4.61. The average Bonchev–Trinajstić information content (AvgIpc) is 2.78. The lowest BCUT2D eigenvalue weighted by atomic mass is 9.95. The molecule has 4 heteroatoms. The Kier molecular flexibility index (Phi) is 8.49. The molecule has 3 rings (SSSR count). The first kappa shape index (κ1) is 24.0. The first-order valence-corrected chi connectivity index (χ1v) is 12.1. The second kappa shape index (κ2) is 11.3. The number of carbonyl (C=O) groups excluding carboxylic acids is 2. The number of rotatable bonds is 8. The Morgan fingerprint density at radius 3 is 2.28 bits per heavy atom. The standard InChI is InChI=1S/C28H38N2O2/c1-5-26(28(32)29-25-9-7-6-8-10-25)30(19-23-15-12-20(2)13-16-23)27(31)18-24-17-21(3)11-14-22(24)4/h11-17,25-26H,5-10,18-19H2,1-4H3,(H,29,32)/t26-/m1/s1. The molecule has 32 heavy (non-hydrogen) atoms. The molecule has 1 N–H and O–H groups in total. The molecule has 0 bridgehead atoms. The van der Waals surface area contributed by atoms with E-state index in [9.17, 15) is 9.59 Å². The van der Waals surface area contributed by atoms with Crippen molar-refractivity contribution in [2.75, 3.05) is 0 Å². The van der Waals surface area contributed by atoms with E-state index in [-0.39, 0.29) is 17.9 Å². The predicted octanol–water partition coefficient (Wildman–Crippen LogP) is 5.41. The summed E-state index contributed by atoms with van der Waals surface area (Å²) in [5, 5.41) is 3.25. The molecule has 2 aromatic rings. The minimum atomic E-state index is -0.462. The lowest BCUT2D eigenvalue weighted by Gasteiger charge is -2.33.